The Morgan fingerprint density at radius 1 is 1.47 bits per heavy atom. The second-order valence-electron chi connectivity index (χ2n) is 4.18. The largest absolute Gasteiger partial charge is 0.486 e. The van der Waals surface area contributed by atoms with Gasteiger partial charge in [0.2, 0.25) is 5.91 Å². The quantitative estimate of drug-likeness (QED) is 0.851. The predicted octanol–water partition coefficient (Wildman–Crippen LogP) is 3.03. The number of amides is 1. The SMILES string of the molecule is CCCNC(=O)C(Cl)c1cc(Br)c2c(c1)OCCO2. The van der Waals surface area contributed by atoms with E-state index in [1.165, 1.54) is 0 Å². The zero-order valence-corrected chi connectivity index (χ0v) is 12.9. The average Bonchev–Trinajstić information content (AvgIpc) is 2.43. The minimum absolute atomic E-state index is 0.202. The van der Waals surface area contributed by atoms with Crippen LogP contribution in [0.4, 0.5) is 0 Å². The Balaban J connectivity index is 2.20. The summed E-state index contributed by atoms with van der Waals surface area (Å²) in [5.74, 6) is 1.07. The molecule has 1 unspecified atom stereocenters. The van der Waals surface area contributed by atoms with Gasteiger partial charge in [0.15, 0.2) is 11.5 Å². The number of hydrogen-bond donors (Lipinski definition) is 1. The Hall–Kier alpha value is -0.940. The molecule has 19 heavy (non-hydrogen) atoms. The second kappa shape index (κ2) is 6.48. The summed E-state index contributed by atoms with van der Waals surface area (Å²) in [5, 5.41) is 2.03. The molecule has 2 rings (SSSR count). The van der Waals surface area contributed by atoms with Crippen LogP contribution in [0.15, 0.2) is 16.6 Å². The van der Waals surface area contributed by atoms with Gasteiger partial charge in [-0.1, -0.05) is 6.92 Å². The van der Waals surface area contributed by atoms with E-state index in [0.717, 1.165) is 10.9 Å². The molecule has 1 atom stereocenters. The van der Waals surface area contributed by atoms with Crippen molar-refractivity contribution in [3.8, 4) is 11.5 Å². The van der Waals surface area contributed by atoms with Crippen molar-refractivity contribution in [1.82, 2.24) is 5.32 Å². The zero-order chi connectivity index (χ0) is 13.8. The summed E-state index contributed by atoms with van der Waals surface area (Å²) < 4.78 is 11.8. The standard InChI is InChI=1S/C13H15BrClNO3/c1-2-3-16-13(17)11(15)8-6-9(14)12-10(7-8)18-4-5-19-12/h6-7,11H,2-5H2,1H3,(H,16,17). The first kappa shape index (κ1) is 14.5. The van der Waals surface area contributed by atoms with Gasteiger partial charge in [-0.3, -0.25) is 4.79 Å². The Labute approximate surface area is 125 Å². The number of carbonyl (C=O) groups is 1. The van der Waals surface area contributed by atoms with Crippen LogP contribution in [0.5, 0.6) is 11.5 Å². The third kappa shape index (κ3) is 3.34. The van der Waals surface area contributed by atoms with E-state index in [0.29, 0.717) is 36.8 Å². The Kier molecular flexibility index (Phi) is 4.93. The molecular formula is C13H15BrClNO3. The number of nitrogens with one attached hydrogen (secondary N) is 1. The van der Waals surface area contributed by atoms with Crippen molar-refractivity contribution in [3.63, 3.8) is 0 Å². The highest BCUT2D eigenvalue weighted by Gasteiger charge is 2.22. The number of alkyl halides is 1. The molecule has 1 aromatic carbocycles. The number of hydrogen-bond acceptors (Lipinski definition) is 3. The number of halogens is 2. The smallest absolute Gasteiger partial charge is 0.242 e. The van der Waals surface area contributed by atoms with Crippen LogP contribution in [-0.2, 0) is 4.79 Å². The second-order valence-corrected chi connectivity index (χ2v) is 5.47. The van der Waals surface area contributed by atoms with Crippen molar-refractivity contribution in [1.29, 1.82) is 0 Å². The molecule has 0 saturated heterocycles. The first-order chi connectivity index (χ1) is 9.13. The molecule has 1 aromatic rings. The van der Waals surface area contributed by atoms with Gasteiger partial charge in [0.25, 0.3) is 0 Å². The van der Waals surface area contributed by atoms with Crippen LogP contribution in [0.25, 0.3) is 0 Å². The highest BCUT2D eigenvalue weighted by atomic mass is 79.9. The molecule has 1 N–H and O–H groups in total. The maximum absolute atomic E-state index is 11.9. The Bertz CT molecular complexity index is 481. The van der Waals surface area contributed by atoms with Gasteiger partial charge in [0.05, 0.1) is 4.47 Å². The van der Waals surface area contributed by atoms with E-state index >= 15 is 0 Å². The summed E-state index contributed by atoms with van der Waals surface area (Å²) in [5.41, 5.74) is 0.686. The molecule has 4 nitrogen and oxygen atoms in total. The number of fused-ring (bicyclic) bond motifs is 1. The first-order valence-corrected chi connectivity index (χ1v) is 7.37. The van der Waals surface area contributed by atoms with Crippen molar-refractivity contribution in [2.45, 2.75) is 18.7 Å². The van der Waals surface area contributed by atoms with Crippen molar-refractivity contribution < 1.29 is 14.3 Å². The van der Waals surface area contributed by atoms with Crippen LogP contribution in [0.2, 0.25) is 0 Å². The summed E-state index contributed by atoms with van der Waals surface area (Å²) in [6, 6.07) is 3.54. The lowest BCUT2D eigenvalue weighted by Crippen LogP contribution is -2.27. The van der Waals surface area contributed by atoms with E-state index in [9.17, 15) is 4.79 Å². The summed E-state index contributed by atoms with van der Waals surface area (Å²) in [6.45, 7) is 3.63. The van der Waals surface area contributed by atoms with Crippen molar-refractivity contribution in [2.24, 2.45) is 0 Å². The summed E-state index contributed by atoms with van der Waals surface area (Å²) in [6.07, 6.45) is 0.875. The van der Waals surface area contributed by atoms with E-state index in [2.05, 4.69) is 21.2 Å². The molecule has 0 aliphatic carbocycles. The fourth-order valence-electron chi connectivity index (χ4n) is 1.77. The average molecular weight is 349 g/mol. The summed E-state index contributed by atoms with van der Waals surface area (Å²) in [7, 11) is 0. The first-order valence-electron chi connectivity index (χ1n) is 6.14. The summed E-state index contributed by atoms with van der Waals surface area (Å²) in [4.78, 5) is 11.9. The lowest BCUT2D eigenvalue weighted by Gasteiger charge is -2.21. The van der Waals surface area contributed by atoms with E-state index in [4.69, 9.17) is 21.1 Å². The van der Waals surface area contributed by atoms with Crippen molar-refractivity contribution in [2.75, 3.05) is 19.8 Å². The number of rotatable bonds is 4. The van der Waals surface area contributed by atoms with Gasteiger partial charge >= 0.3 is 0 Å². The highest BCUT2D eigenvalue weighted by Crippen LogP contribution is 2.40. The van der Waals surface area contributed by atoms with Gasteiger partial charge in [-0.15, -0.1) is 11.6 Å². The predicted molar refractivity (Wildman–Crippen MR) is 77.0 cm³/mol. The monoisotopic (exact) mass is 347 g/mol. The molecule has 1 aliphatic rings. The minimum Gasteiger partial charge on any atom is -0.486 e. The normalized spacial score (nSPS) is 14.9. The topological polar surface area (TPSA) is 47.6 Å². The minimum atomic E-state index is -0.737. The van der Waals surface area contributed by atoms with Gasteiger partial charge in [-0.05, 0) is 40.0 Å². The molecule has 1 amide bonds. The molecule has 104 valence electrons. The molecule has 0 saturated carbocycles. The molecule has 6 heteroatoms. The van der Waals surface area contributed by atoms with Gasteiger partial charge in [-0.2, -0.15) is 0 Å². The molecule has 0 bridgehead atoms. The number of ether oxygens (including phenoxy) is 2. The third-order valence-corrected chi connectivity index (χ3v) is 3.73. The molecule has 0 spiro atoms. The van der Waals surface area contributed by atoms with Crippen LogP contribution in [-0.4, -0.2) is 25.7 Å². The maximum atomic E-state index is 11.9. The molecule has 0 aromatic heterocycles. The van der Waals surface area contributed by atoms with Crippen LogP contribution < -0.4 is 14.8 Å². The van der Waals surface area contributed by atoms with Crippen molar-refractivity contribution >= 4 is 33.4 Å². The van der Waals surface area contributed by atoms with Gasteiger partial charge in [0.1, 0.15) is 18.6 Å². The Morgan fingerprint density at radius 2 is 2.21 bits per heavy atom. The fourth-order valence-corrected chi connectivity index (χ4v) is 2.54. The van der Waals surface area contributed by atoms with Crippen LogP contribution >= 0.6 is 27.5 Å². The van der Waals surface area contributed by atoms with Gasteiger partial charge < -0.3 is 14.8 Å². The summed E-state index contributed by atoms with van der Waals surface area (Å²) >= 11 is 9.59. The van der Waals surface area contributed by atoms with Crippen LogP contribution in [0.1, 0.15) is 24.3 Å². The number of carbonyl (C=O) groups excluding carboxylic acids is 1. The van der Waals surface area contributed by atoms with Crippen LogP contribution in [0.3, 0.4) is 0 Å². The number of benzene rings is 1. The molecule has 0 fully saturated rings. The Morgan fingerprint density at radius 3 is 2.95 bits per heavy atom. The lowest BCUT2D eigenvalue weighted by atomic mass is 10.1. The van der Waals surface area contributed by atoms with Gasteiger partial charge in [0, 0.05) is 6.54 Å². The van der Waals surface area contributed by atoms with E-state index < -0.39 is 5.38 Å². The molecule has 1 aliphatic heterocycles. The molecule has 1 heterocycles. The van der Waals surface area contributed by atoms with E-state index in [-0.39, 0.29) is 5.91 Å². The lowest BCUT2D eigenvalue weighted by molar-refractivity contribution is -0.120. The molecular weight excluding hydrogens is 334 g/mol. The van der Waals surface area contributed by atoms with Gasteiger partial charge in [-0.25, -0.2) is 0 Å². The maximum Gasteiger partial charge on any atom is 0.242 e. The van der Waals surface area contributed by atoms with Crippen molar-refractivity contribution in [3.05, 3.63) is 22.2 Å². The third-order valence-electron chi connectivity index (χ3n) is 2.69. The van der Waals surface area contributed by atoms with E-state index in [1.54, 1.807) is 12.1 Å². The molecule has 0 radical (unpaired) electrons. The van der Waals surface area contributed by atoms with E-state index in [1.807, 2.05) is 6.92 Å². The fraction of sp³-hybridized carbons (Fsp3) is 0.462. The highest BCUT2D eigenvalue weighted by molar-refractivity contribution is 9.10. The van der Waals surface area contributed by atoms with Crippen LogP contribution in [0, 0.1) is 0 Å². The zero-order valence-electron chi connectivity index (χ0n) is 10.5.